The van der Waals surface area contributed by atoms with E-state index >= 15 is 0 Å². The lowest BCUT2D eigenvalue weighted by atomic mass is 10.0. The second-order valence-corrected chi connectivity index (χ2v) is 4.77. The molecular formula is C10H4BrF3INO. The highest BCUT2D eigenvalue weighted by molar-refractivity contribution is 14.1. The molecule has 1 aromatic rings. The molecule has 0 aliphatic carbocycles. The summed E-state index contributed by atoms with van der Waals surface area (Å²) in [5.41, 5.74) is -1.43. The number of halogens is 5. The molecule has 90 valence electrons. The largest absolute Gasteiger partial charge is 0.418 e. The summed E-state index contributed by atoms with van der Waals surface area (Å²) in [6, 6.07) is 3.57. The van der Waals surface area contributed by atoms with Gasteiger partial charge in [0.15, 0.2) is 5.78 Å². The summed E-state index contributed by atoms with van der Waals surface area (Å²) in [6.07, 6.45) is -4.60. The summed E-state index contributed by atoms with van der Waals surface area (Å²) < 4.78 is 37.8. The number of hydrogen-bond donors (Lipinski definition) is 0. The molecule has 0 aromatic heterocycles. The van der Waals surface area contributed by atoms with Crippen molar-refractivity contribution in [3.05, 3.63) is 32.4 Å². The number of alkyl halides is 4. The number of Topliss-reactive ketones (excluding diaryl/α,β-unsaturated/α-hetero) is 1. The Kier molecular flexibility index (Phi) is 4.55. The fraction of sp³-hybridized carbons (Fsp3) is 0.200. The van der Waals surface area contributed by atoms with Crippen LogP contribution in [0.15, 0.2) is 12.1 Å². The zero-order valence-electron chi connectivity index (χ0n) is 8.11. The number of rotatable bonds is 2. The number of carbonyl (C=O) groups is 1. The van der Waals surface area contributed by atoms with E-state index in [1.165, 1.54) is 28.7 Å². The Bertz CT molecular complexity index is 507. The van der Waals surface area contributed by atoms with Gasteiger partial charge in [0.05, 0.1) is 22.5 Å². The number of nitriles is 1. The molecule has 0 aliphatic rings. The van der Waals surface area contributed by atoms with Gasteiger partial charge < -0.3 is 0 Å². The topological polar surface area (TPSA) is 40.9 Å². The first-order chi connectivity index (χ1) is 7.81. The smallest absolute Gasteiger partial charge is 0.293 e. The number of nitrogens with zero attached hydrogens (tertiary/aromatic N) is 1. The minimum Gasteiger partial charge on any atom is -0.293 e. The Morgan fingerprint density at radius 1 is 1.47 bits per heavy atom. The van der Waals surface area contributed by atoms with E-state index in [1.54, 1.807) is 0 Å². The third kappa shape index (κ3) is 3.19. The van der Waals surface area contributed by atoms with Crippen molar-refractivity contribution in [2.75, 3.05) is 5.33 Å². The van der Waals surface area contributed by atoms with E-state index in [2.05, 4.69) is 15.9 Å². The lowest BCUT2D eigenvalue weighted by Crippen LogP contribution is -2.12. The zero-order valence-corrected chi connectivity index (χ0v) is 11.9. The highest BCUT2D eigenvalue weighted by Gasteiger charge is 2.36. The van der Waals surface area contributed by atoms with Crippen LogP contribution in [-0.4, -0.2) is 11.1 Å². The van der Waals surface area contributed by atoms with E-state index in [1.807, 2.05) is 0 Å². The maximum Gasteiger partial charge on any atom is 0.418 e. The van der Waals surface area contributed by atoms with Crippen LogP contribution < -0.4 is 0 Å². The van der Waals surface area contributed by atoms with Crippen molar-refractivity contribution >= 4 is 44.3 Å². The van der Waals surface area contributed by atoms with Gasteiger partial charge in [-0.15, -0.1) is 0 Å². The molecule has 7 heteroatoms. The van der Waals surface area contributed by atoms with Gasteiger partial charge in [-0.25, -0.2) is 0 Å². The molecule has 1 aromatic carbocycles. The summed E-state index contributed by atoms with van der Waals surface area (Å²) in [5, 5.41) is 8.71. The van der Waals surface area contributed by atoms with E-state index in [-0.39, 0.29) is 20.2 Å². The second-order valence-electron chi connectivity index (χ2n) is 3.05. The standard InChI is InChI=1S/C10H4BrF3INO/c11-3-8(17)5-1-6(4-16)9(7(15)2-5)10(12,13)14/h1-2H,3H2. The van der Waals surface area contributed by atoms with Crippen LogP contribution in [0.1, 0.15) is 21.5 Å². The highest BCUT2D eigenvalue weighted by Crippen LogP contribution is 2.36. The monoisotopic (exact) mass is 417 g/mol. The molecule has 17 heavy (non-hydrogen) atoms. The van der Waals surface area contributed by atoms with Crippen LogP contribution in [0, 0.1) is 14.9 Å². The molecule has 0 heterocycles. The highest BCUT2D eigenvalue weighted by atomic mass is 127. The van der Waals surface area contributed by atoms with Crippen molar-refractivity contribution in [3.63, 3.8) is 0 Å². The molecule has 2 nitrogen and oxygen atoms in total. The second kappa shape index (κ2) is 5.35. The van der Waals surface area contributed by atoms with Crippen LogP contribution in [0.5, 0.6) is 0 Å². The van der Waals surface area contributed by atoms with Gasteiger partial charge in [0.25, 0.3) is 0 Å². The summed E-state index contributed by atoms with van der Waals surface area (Å²) in [5.74, 6) is -0.367. The van der Waals surface area contributed by atoms with Crippen molar-refractivity contribution in [2.45, 2.75) is 6.18 Å². The van der Waals surface area contributed by atoms with Crippen LogP contribution in [0.2, 0.25) is 0 Å². The average Bonchev–Trinajstić information content (AvgIpc) is 2.24. The first-order valence-corrected chi connectivity index (χ1v) is 6.41. The molecule has 0 saturated carbocycles. The predicted molar refractivity (Wildman–Crippen MR) is 67.0 cm³/mol. The molecule has 0 N–H and O–H groups in total. The van der Waals surface area contributed by atoms with Gasteiger partial charge in [-0.3, -0.25) is 4.79 Å². The lowest BCUT2D eigenvalue weighted by Gasteiger charge is -2.12. The van der Waals surface area contributed by atoms with Gasteiger partial charge >= 0.3 is 6.18 Å². The van der Waals surface area contributed by atoms with Crippen LogP contribution >= 0.6 is 38.5 Å². The van der Waals surface area contributed by atoms with Gasteiger partial charge in [0, 0.05) is 9.13 Å². The minimum absolute atomic E-state index is 0.000681. The average molecular weight is 418 g/mol. The maximum absolute atomic E-state index is 12.7. The van der Waals surface area contributed by atoms with Crippen molar-refractivity contribution < 1.29 is 18.0 Å². The molecule has 0 spiro atoms. The molecular weight excluding hydrogens is 414 g/mol. The minimum atomic E-state index is -4.60. The van der Waals surface area contributed by atoms with Crippen molar-refractivity contribution in [2.24, 2.45) is 0 Å². The van der Waals surface area contributed by atoms with Crippen LogP contribution in [0.25, 0.3) is 0 Å². The summed E-state index contributed by atoms with van der Waals surface area (Å²) in [6.45, 7) is 0. The molecule has 0 bridgehead atoms. The number of carbonyl (C=O) groups excluding carboxylic acids is 1. The number of ketones is 1. The molecule has 0 unspecified atom stereocenters. The van der Waals surface area contributed by atoms with Crippen molar-refractivity contribution in [1.29, 1.82) is 5.26 Å². The Labute approximate surface area is 117 Å². The van der Waals surface area contributed by atoms with Gasteiger partial charge in [-0.2, -0.15) is 18.4 Å². The number of hydrogen-bond acceptors (Lipinski definition) is 2. The quantitative estimate of drug-likeness (QED) is 0.417. The summed E-state index contributed by atoms with van der Waals surface area (Å²) in [4.78, 5) is 11.4. The first kappa shape index (κ1) is 14.4. The van der Waals surface area contributed by atoms with Crippen molar-refractivity contribution in [3.8, 4) is 6.07 Å². The van der Waals surface area contributed by atoms with Gasteiger partial charge in [-0.05, 0) is 34.7 Å². The molecule has 0 saturated heterocycles. The van der Waals surface area contributed by atoms with Crippen LogP contribution in [0.3, 0.4) is 0 Å². The molecule has 0 atom stereocenters. The van der Waals surface area contributed by atoms with E-state index < -0.39 is 17.3 Å². The lowest BCUT2D eigenvalue weighted by molar-refractivity contribution is -0.138. The van der Waals surface area contributed by atoms with Gasteiger partial charge in [0.1, 0.15) is 0 Å². The van der Waals surface area contributed by atoms with Crippen molar-refractivity contribution in [1.82, 2.24) is 0 Å². The van der Waals surface area contributed by atoms with Crippen LogP contribution in [0.4, 0.5) is 13.2 Å². The van der Waals surface area contributed by atoms with Crippen LogP contribution in [-0.2, 0) is 6.18 Å². The fourth-order valence-corrected chi connectivity index (χ4v) is 2.48. The zero-order chi connectivity index (χ0) is 13.2. The predicted octanol–water partition coefficient (Wildman–Crippen LogP) is 3.76. The first-order valence-electron chi connectivity index (χ1n) is 4.21. The fourth-order valence-electron chi connectivity index (χ4n) is 1.22. The van der Waals surface area contributed by atoms with E-state index in [9.17, 15) is 18.0 Å². The normalized spacial score (nSPS) is 11.1. The number of benzene rings is 1. The Morgan fingerprint density at radius 2 is 2.06 bits per heavy atom. The Morgan fingerprint density at radius 3 is 2.47 bits per heavy atom. The van der Waals surface area contributed by atoms with Gasteiger partial charge in [0.2, 0.25) is 0 Å². The molecule has 0 aliphatic heterocycles. The maximum atomic E-state index is 12.7. The molecule has 0 fully saturated rings. The molecule has 1 rings (SSSR count). The van der Waals surface area contributed by atoms with Gasteiger partial charge in [-0.1, -0.05) is 15.9 Å². The summed E-state index contributed by atoms with van der Waals surface area (Å²) in [7, 11) is 0. The third-order valence-corrected chi connectivity index (χ3v) is 3.30. The van der Waals surface area contributed by atoms with E-state index in [4.69, 9.17) is 5.26 Å². The van der Waals surface area contributed by atoms with E-state index in [0.717, 1.165) is 12.1 Å². The third-order valence-electron chi connectivity index (χ3n) is 1.94. The summed E-state index contributed by atoms with van der Waals surface area (Å²) >= 11 is 4.39. The SMILES string of the molecule is N#Cc1cc(C(=O)CBr)cc(I)c1C(F)(F)F. The molecule has 0 radical (unpaired) electrons. The Balaban J connectivity index is 3.48. The molecule has 0 amide bonds. The van der Waals surface area contributed by atoms with E-state index in [0.29, 0.717) is 0 Å². The Hall–Kier alpha value is -0.620.